The van der Waals surface area contributed by atoms with Crippen LogP contribution in [0.4, 0.5) is 4.79 Å². The minimum absolute atomic E-state index is 0.0365. The molecule has 0 unspecified atom stereocenters. The van der Waals surface area contributed by atoms with Crippen LogP contribution in [0.2, 0.25) is 0 Å². The van der Waals surface area contributed by atoms with Gasteiger partial charge in [0.1, 0.15) is 0 Å². The summed E-state index contributed by atoms with van der Waals surface area (Å²) in [5.41, 5.74) is 3.73. The van der Waals surface area contributed by atoms with Crippen molar-refractivity contribution in [3.05, 3.63) is 35.0 Å². The second-order valence-electron chi connectivity index (χ2n) is 7.05. The largest absolute Gasteiger partial charge is 0.389 e. The van der Waals surface area contributed by atoms with E-state index in [0.717, 1.165) is 39.8 Å². The third-order valence-electron chi connectivity index (χ3n) is 5.14. The fourth-order valence-electron chi connectivity index (χ4n) is 3.96. The molecular weight excluding hydrogens is 334 g/mol. The highest BCUT2D eigenvalue weighted by Crippen LogP contribution is 2.33. The third kappa shape index (κ3) is 2.68. The average Bonchev–Trinajstić information content (AvgIpc) is 3.08. The molecule has 0 radical (unpaired) electrons. The van der Waals surface area contributed by atoms with E-state index < -0.39 is 12.1 Å². The maximum atomic E-state index is 12.6. The van der Waals surface area contributed by atoms with Gasteiger partial charge in [0, 0.05) is 17.3 Å². The first-order chi connectivity index (χ1) is 12.5. The van der Waals surface area contributed by atoms with Crippen LogP contribution in [0.5, 0.6) is 0 Å². The fraction of sp³-hybridized carbons (Fsp3) is 0.421. The molecule has 1 saturated heterocycles. The van der Waals surface area contributed by atoms with Crippen LogP contribution in [0, 0.1) is 6.92 Å². The summed E-state index contributed by atoms with van der Waals surface area (Å²) in [6, 6.07) is 5.54. The molecule has 2 aromatic rings. The first kappa shape index (κ1) is 16.8. The van der Waals surface area contributed by atoms with Gasteiger partial charge in [0.15, 0.2) is 5.78 Å². The van der Waals surface area contributed by atoms with Gasteiger partial charge in [0.05, 0.1) is 31.4 Å². The number of hydrogen-bond acceptors (Lipinski definition) is 4. The molecule has 26 heavy (non-hydrogen) atoms. The summed E-state index contributed by atoms with van der Waals surface area (Å²) in [4.78, 5) is 37.0. The fourth-order valence-corrected chi connectivity index (χ4v) is 3.96. The van der Waals surface area contributed by atoms with Gasteiger partial charge in [-0.2, -0.15) is 0 Å². The lowest BCUT2D eigenvalue weighted by molar-refractivity contribution is -0.126. The van der Waals surface area contributed by atoms with E-state index in [2.05, 4.69) is 11.4 Å². The lowest BCUT2D eigenvalue weighted by Crippen LogP contribution is -2.39. The van der Waals surface area contributed by atoms with Crippen molar-refractivity contribution in [2.24, 2.45) is 0 Å². The molecule has 4 rings (SSSR count). The van der Waals surface area contributed by atoms with E-state index in [1.807, 2.05) is 23.6 Å². The number of aliphatic hydroxyl groups is 1. The first-order valence-electron chi connectivity index (χ1n) is 8.87. The smallest absolute Gasteiger partial charge is 0.324 e. The van der Waals surface area contributed by atoms with Gasteiger partial charge in [-0.3, -0.25) is 14.5 Å². The topological polar surface area (TPSA) is 91.6 Å². The molecule has 136 valence electrons. The maximum Gasteiger partial charge on any atom is 0.324 e. The molecule has 3 amide bonds. The predicted octanol–water partition coefficient (Wildman–Crippen LogP) is 1.38. The Morgan fingerprint density at radius 2 is 2.00 bits per heavy atom. The number of benzene rings is 1. The summed E-state index contributed by atoms with van der Waals surface area (Å²) in [7, 11) is 0. The quantitative estimate of drug-likeness (QED) is 0.811. The average molecular weight is 355 g/mol. The summed E-state index contributed by atoms with van der Waals surface area (Å²) in [5.74, 6) is -0.262. The zero-order valence-corrected chi connectivity index (χ0v) is 14.6. The number of nitrogens with one attached hydrogen (secondary N) is 1. The van der Waals surface area contributed by atoms with Crippen LogP contribution < -0.4 is 5.32 Å². The Hall–Kier alpha value is -2.67. The van der Waals surface area contributed by atoms with E-state index in [9.17, 15) is 19.5 Å². The van der Waals surface area contributed by atoms with Crippen molar-refractivity contribution in [2.75, 3.05) is 13.1 Å². The molecule has 0 spiro atoms. The van der Waals surface area contributed by atoms with Gasteiger partial charge in [-0.1, -0.05) is 11.6 Å². The monoisotopic (exact) mass is 355 g/mol. The predicted molar refractivity (Wildman–Crippen MR) is 95.1 cm³/mol. The van der Waals surface area contributed by atoms with Crippen molar-refractivity contribution in [3.63, 3.8) is 0 Å². The molecule has 1 aliphatic heterocycles. The second-order valence-corrected chi connectivity index (χ2v) is 7.05. The minimum Gasteiger partial charge on any atom is -0.389 e. The molecule has 2 heterocycles. The lowest BCUT2D eigenvalue weighted by atomic mass is 9.94. The van der Waals surface area contributed by atoms with Crippen molar-refractivity contribution < 1.29 is 19.5 Å². The number of imide groups is 1. The number of β-amino-alcohol motifs (C(OH)–C–C–N with tert-alkyl or cyclic N) is 1. The minimum atomic E-state index is -0.946. The molecule has 1 aromatic heterocycles. The normalized spacial score (nSPS) is 18.4. The Morgan fingerprint density at radius 3 is 2.73 bits per heavy atom. The number of rotatable bonds is 4. The first-order valence-corrected chi connectivity index (χ1v) is 8.87. The van der Waals surface area contributed by atoms with Crippen LogP contribution >= 0.6 is 0 Å². The van der Waals surface area contributed by atoms with Gasteiger partial charge in [-0.15, -0.1) is 0 Å². The van der Waals surface area contributed by atoms with Crippen molar-refractivity contribution in [2.45, 2.75) is 38.8 Å². The van der Waals surface area contributed by atoms with Crippen LogP contribution in [-0.4, -0.2) is 51.5 Å². The number of urea groups is 1. The number of ketones is 1. The number of fused-ring (bicyclic) bond motifs is 3. The van der Waals surface area contributed by atoms with E-state index in [1.54, 1.807) is 0 Å². The van der Waals surface area contributed by atoms with E-state index in [-0.39, 0.29) is 31.3 Å². The summed E-state index contributed by atoms with van der Waals surface area (Å²) in [6.07, 6.45) is 1.24. The third-order valence-corrected chi connectivity index (χ3v) is 5.14. The Bertz CT molecular complexity index is 914. The molecule has 1 atom stereocenters. The number of aromatic nitrogens is 1. The van der Waals surface area contributed by atoms with Gasteiger partial charge in [-0.25, -0.2) is 4.79 Å². The van der Waals surface area contributed by atoms with E-state index in [1.165, 1.54) is 0 Å². The Kier molecular flexibility index (Phi) is 4.03. The zero-order chi connectivity index (χ0) is 18.4. The molecule has 7 heteroatoms. The van der Waals surface area contributed by atoms with Crippen molar-refractivity contribution >= 4 is 28.6 Å². The number of carbonyl (C=O) groups excluding carboxylic acids is 3. The molecule has 1 fully saturated rings. The molecule has 1 aromatic carbocycles. The van der Waals surface area contributed by atoms with Gasteiger partial charge in [0.2, 0.25) is 5.91 Å². The van der Waals surface area contributed by atoms with E-state index in [4.69, 9.17) is 0 Å². The lowest BCUT2D eigenvalue weighted by Gasteiger charge is -2.20. The number of aliphatic hydroxyl groups excluding tert-OH is 1. The second kappa shape index (κ2) is 6.25. The molecule has 2 N–H and O–H groups in total. The Labute approximate surface area is 150 Å². The molecule has 1 aliphatic carbocycles. The summed E-state index contributed by atoms with van der Waals surface area (Å²) >= 11 is 0. The van der Waals surface area contributed by atoms with Gasteiger partial charge in [0.25, 0.3) is 0 Å². The van der Waals surface area contributed by atoms with Crippen molar-refractivity contribution in [1.82, 2.24) is 14.8 Å². The van der Waals surface area contributed by atoms with Crippen molar-refractivity contribution in [3.8, 4) is 0 Å². The summed E-state index contributed by atoms with van der Waals surface area (Å²) in [5, 5.41) is 14.0. The number of amides is 3. The summed E-state index contributed by atoms with van der Waals surface area (Å²) < 4.78 is 1.86. The highest BCUT2D eigenvalue weighted by molar-refractivity contribution is 6.04. The molecule has 0 saturated carbocycles. The molecule has 2 aliphatic rings. The Morgan fingerprint density at radius 1 is 1.19 bits per heavy atom. The highest BCUT2D eigenvalue weighted by atomic mass is 16.3. The van der Waals surface area contributed by atoms with Crippen LogP contribution in [0.3, 0.4) is 0 Å². The number of nitrogens with zero attached hydrogens (tertiary/aromatic N) is 2. The number of aryl methyl sites for hydroxylation is 2. The van der Waals surface area contributed by atoms with Crippen LogP contribution in [-0.2, 0) is 17.8 Å². The van der Waals surface area contributed by atoms with Crippen LogP contribution in [0.15, 0.2) is 18.2 Å². The number of Topliss-reactive ketones (excluding diaryl/α,β-unsaturated/α-hetero) is 1. The summed E-state index contributed by atoms with van der Waals surface area (Å²) in [6.45, 7) is 2.06. The maximum absolute atomic E-state index is 12.6. The van der Waals surface area contributed by atoms with Gasteiger partial charge < -0.3 is 15.0 Å². The zero-order valence-electron chi connectivity index (χ0n) is 14.6. The van der Waals surface area contributed by atoms with E-state index in [0.29, 0.717) is 12.1 Å². The number of hydrogen-bond donors (Lipinski definition) is 2. The van der Waals surface area contributed by atoms with Crippen molar-refractivity contribution in [1.29, 1.82) is 0 Å². The number of carbonyl (C=O) groups is 3. The molecular formula is C19H21N3O4. The van der Waals surface area contributed by atoms with E-state index >= 15 is 0 Å². The van der Waals surface area contributed by atoms with Crippen LogP contribution in [0.25, 0.3) is 10.9 Å². The highest BCUT2D eigenvalue weighted by Gasteiger charge is 2.32. The van der Waals surface area contributed by atoms with Crippen LogP contribution in [0.1, 0.15) is 34.5 Å². The molecule has 0 bridgehead atoms. The molecule has 7 nitrogen and oxygen atoms in total. The standard InChI is InChI=1S/C19H21N3O4/c1-11-5-6-15-14(7-11)13-3-2-4-16(24)18(13)21(15)9-12(23)10-22-17(25)8-20-19(22)26/h5-7,12,23H,2-4,8-10H2,1H3,(H,20,26)/t12-/m0/s1. The SMILES string of the molecule is Cc1ccc2c(c1)c1c(n2C[C@H](O)CN2C(=O)CNC2=O)C(=O)CCC1. The Balaban J connectivity index is 1.70. The van der Waals surface area contributed by atoms with Gasteiger partial charge in [-0.05, 0) is 37.5 Å². The van der Waals surface area contributed by atoms with Gasteiger partial charge >= 0.3 is 6.03 Å².